The van der Waals surface area contributed by atoms with E-state index in [0.29, 0.717) is 16.1 Å². The van der Waals surface area contributed by atoms with Crippen LogP contribution in [0.2, 0.25) is 5.02 Å². The van der Waals surface area contributed by atoms with Gasteiger partial charge in [0, 0.05) is 17.1 Å². The highest BCUT2D eigenvalue weighted by Gasteiger charge is 2.14. The molecule has 0 bridgehead atoms. The van der Waals surface area contributed by atoms with Crippen LogP contribution in [0, 0.1) is 0 Å². The van der Waals surface area contributed by atoms with Crippen molar-refractivity contribution in [3.8, 4) is 0 Å². The topological polar surface area (TPSA) is 78.4 Å². The fraction of sp³-hybridized carbons (Fsp3) is 0.111. The molecule has 124 valence electrons. The number of benzene rings is 2. The summed E-state index contributed by atoms with van der Waals surface area (Å²) in [7, 11) is 0. The first-order valence-electron chi connectivity index (χ1n) is 7.33. The quantitative estimate of drug-likeness (QED) is 0.703. The van der Waals surface area contributed by atoms with Crippen molar-refractivity contribution in [2.45, 2.75) is 0 Å². The Morgan fingerprint density at radius 2 is 1.71 bits per heavy atom. The van der Waals surface area contributed by atoms with Crippen LogP contribution in [-0.2, 0) is 4.79 Å². The summed E-state index contributed by atoms with van der Waals surface area (Å²) in [6.07, 6.45) is 1.55. The summed E-state index contributed by atoms with van der Waals surface area (Å²) in [6.45, 7) is -0.0927. The Balaban J connectivity index is 2.23. The van der Waals surface area contributed by atoms with Crippen molar-refractivity contribution in [1.29, 1.82) is 0 Å². The molecule has 24 heavy (non-hydrogen) atoms. The molecular weight excluding hydrogens is 328 g/mol. The molecule has 3 N–H and O–H groups in total. The van der Waals surface area contributed by atoms with Gasteiger partial charge in [-0.05, 0) is 35.9 Å². The molecule has 0 saturated carbocycles. The third-order valence-corrected chi connectivity index (χ3v) is 3.36. The lowest BCUT2D eigenvalue weighted by Crippen LogP contribution is -2.36. The second kappa shape index (κ2) is 8.86. The average molecular weight is 345 g/mol. The molecule has 0 saturated heterocycles. The highest BCUT2D eigenvalue weighted by atomic mass is 35.5. The van der Waals surface area contributed by atoms with Crippen molar-refractivity contribution >= 4 is 29.5 Å². The van der Waals surface area contributed by atoms with Gasteiger partial charge in [0.05, 0.1) is 6.61 Å². The number of hydrogen-bond acceptors (Lipinski definition) is 3. The van der Waals surface area contributed by atoms with E-state index in [1.807, 2.05) is 0 Å². The van der Waals surface area contributed by atoms with Gasteiger partial charge in [-0.15, -0.1) is 0 Å². The van der Waals surface area contributed by atoms with Gasteiger partial charge < -0.3 is 15.7 Å². The first-order valence-corrected chi connectivity index (χ1v) is 7.70. The van der Waals surface area contributed by atoms with Crippen molar-refractivity contribution < 1.29 is 14.7 Å². The van der Waals surface area contributed by atoms with Crippen LogP contribution in [0.5, 0.6) is 0 Å². The molecule has 0 aliphatic carbocycles. The fourth-order valence-electron chi connectivity index (χ4n) is 1.93. The highest BCUT2D eigenvalue weighted by Crippen LogP contribution is 2.12. The number of carbonyl (C=O) groups excluding carboxylic acids is 2. The maximum Gasteiger partial charge on any atom is 0.267 e. The maximum absolute atomic E-state index is 12.3. The number of nitrogens with one attached hydrogen (secondary N) is 2. The Hall–Kier alpha value is -2.63. The normalized spacial score (nSPS) is 11.0. The fourth-order valence-corrected chi connectivity index (χ4v) is 2.06. The van der Waals surface area contributed by atoms with Crippen LogP contribution in [0.1, 0.15) is 15.9 Å². The molecule has 0 unspecified atom stereocenters. The molecule has 2 aromatic rings. The van der Waals surface area contributed by atoms with Crippen molar-refractivity contribution in [1.82, 2.24) is 10.6 Å². The lowest BCUT2D eigenvalue weighted by Gasteiger charge is -2.10. The van der Waals surface area contributed by atoms with Crippen LogP contribution in [0.25, 0.3) is 6.08 Å². The second-order valence-electron chi connectivity index (χ2n) is 4.91. The summed E-state index contributed by atoms with van der Waals surface area (Å²) >= 11 is 5.85. The standard InChI is InChI=1S/C18H17ClN2O3/c19-15-8-6-13(7-9-15)12-16(18(24)20-10-11-22)21-17(23)14-4-2-1-3-5-14/h1-9,12,22H,10-11H2,(H,20,24)(H,21,23)/b16-12-. The molecule has 0 aromatic heterocycles. The van der Waals surface area contributed by atoms with Crippen LogP contribution in [0.3, 0.4) is 0 Å². The van der Waals surface area contributed by atoms with Gasteiger partial charge in [-0.3, -0.25) is 9.59 Å². The molecule has 0 atom stereocenters. The van der Waals surface area contributed by atoms with Gasteiger partial charge in [-0.1, -0.05) is 41.9 Å². The van der Waals surface area contributed by atoms with Crippen molar-refractivity contribution in [2.24, 2.45) is 0 Å². The lowest BCUT2D eigenvalue weighted by atomic mass is 10.1. The van der Waals surface area contributed by atoms with E-state index in [9.17, 15) is 9.59 Å². The van der Waals surface area contributed by atoms with Crippen LogP contribution in [-0.4, -0.2) is 30.1 Å². The summed E-state index contributed by atoms with van der Waals surface area (Å²) in [5.41, 5.74) is 1.23. The first-order chi connectivity index (χ1) is 11.6. The summed E-state index contributed by atoms with van der Waals surface area (Å²) in [6, 6.07) is 15.4. The minimum atomic E-state index is -0.483. The van der Waals surface area contributed by atoms with Gasteiger partial charge in [0.15, 0.2) is 0 Å². The number of halogens is 1. The van der Waals surface area contributed by atoms with Gasteiger partial charge in [-0.2, -0.15) is 0 Å². The minimum absolute atomic E-state index is 0.0830. The zero-order chi connectivity index (χ0) is 17.4. The second-order valence-corrected chi connectivity index (χ2v) is 5.35. The number of aliphatic hydroxyl groups excluding tert-OH is 1. The van der Waals surface area contributed by atoms with Gasteiger partial charge >= 0.3 is 0 Å². The number of amides is 2. The van der Waals surface area contributed by atoms with Gasteiger partial charge in [0.25, 0.3) is 11.8 Å². The molecule has 5 nitrogen and oxygen atoms in total. The van der Waals surface area contributed by atoms with E-state index in [-0.39, 0.29) is 18.8 Å². The summed E-state index contributed by atoms with van der Waals surface area (Å²) in [4.78, 5) is 24.5. The SMILES string of the molecule is O=C(NCCO)/C(=C/c1ccc(Cl)cc1)NC(=O)c1ccccc1. The van der Waals surface area contributed by atoms with E-state index >= 15 is 0 Å². The number of rotatable bonds is 6. The van der Waals surface area contributed by atoms with E-state index in [1.165, 1.54) is 0 Å². The van der Waals surface area contributed by atoms with E-state index < -0.39 is 11.8 Å². The zero-order valence-corrected chi connectivity index (χ0v) is 13.6. The molecule has 0 fully saturated rings. The summed E-state index contributed by atoms with van der Waals surface area (Å²) in [5.74, 6) is -0.877. The lowest BCUT2D eigenvalue weighted by molar-refractivity contribution is -0.117. The third kappa shape index (κ3) is 5.22. The van der Waals surface area contributed by atoms with E-state index in [4.69, 9.17) is 16.7 Å². The Labute approximate surface area is 145 Å². The molecule has 2 amide bonds. The number of aliphatic hydroxyl groups is 1. The number of hydrogen-bond donors (Lipinski definition) is 3. The smallest absolute Gasteiger partial charge is 0.267 e. The minimum Gasteiger partial charge on any atom is -0.395 e. The Bertz CT molecular complexity index is 728. The first kappa shape index (κ1) is 17.7. The van der Waals surface area contributed by atoms with Crippen LogP contribution in [0.15, 0.2) is 60.3 Å². The molecular formula is C18H17ClN2O3. The molecule has 6 heteroatoms. The van der Waals surface area contributed by atoms with E-state index in [2.05, 4.69) is 10.6 Å². The highest BCUT2D eigenvalue weighted by molar-refractivity contribution is 6.30. The Morgan fingerprint density at radius 1 is 1.04 bits per heavy atom. The van der Waals surface area contributed by atoms with Gasteiger partial charge in [0.1, 0.15) is 5.70 Å². The van der Waals surface area contributed by atoms with E-state index in [0.717, 1.165) is 0 Å². The van der Waals surface area contributed by atoms with Gasteiger partial charge in [-0.25, -0.2) is 0 Å². The molecule has 2 aromatic carbocycles. The van der Waals surface area contributed by atoms with Crippen molar-refractivity contribution in [2.75, 3.05) is 13.2 Å². The van der Waals surface area contributed by atoms with Crippen LogP contribution < -0.4 is 10.6 Å². The third-order valence-electron chi connectivity index (χ3n) is 3.11. The van der Waals surface area contributed by atoms with Crippen LogP contribution >= 0.6 is 11.6 Å². The molecule has 0 radical (unpaired) electrons. The van der Waals surface area contributed by atoms with Crippen molar-refractivity contribution in [3.63, 3.8) is 0 Å². The molecule has 2 rings (SSSR count). The van der Waals surface area contributed by atoms with E-state index in [1.54, 1.807) is 60.7 Å². The molecule has 0 aliphatic rings. The monoisotopic (exact) mass is 344 g/mol. The summed E-state index contributed by atoms with van der Waals surface area (Å²) < 4.78 is 0. The molecule has 0 heterocycles. The van der Waals surface area contributed by atoms with Crippen molar-refractivity contribution in [3.05, 3.63) is 76.4 Å². The summed E-state index contributed by atoms with van der Waals surface area (Å²) in [5, 5.41) is 14.5. The van der Waals surface area contributed by atoms with Gasteiger partial charge in [0.2, 0.25) is 0 Å². The Kier molecular flexibility index (Phi) is 6.54. The molecule has 0 spiro atoms. The zero-order valence-electron chi connectivity index (χ0n) is 12.8. The average Bonchev–Trinajstić information content (AvgIpc) is 2.61. The maximum atomic E-state index is 12.3. The predicted molar refractivity (Wildman–Crippen MR) is 93.4 cm³/mol. The Morgan fingerprint density at radius 3 is 2.33 bits per heavy atom. The largest absolute Gasteiger partial charge is 0.395 e. The molecule has 0 aliphatic heterocycles. The predicted octanol–water partition coefficient (Wildman–Crippen LogP) is 2.22. The van der Waals surface area contributed by atoms with Crippen LogP contribution in [0.4, 0.5) is 0 Å². The number of carbonyl (C=O) groups is 2.